The van der Waals surface area contributed by atoms with Crippen LogP contribution in [0.25, 0.3) is 0 Å². The van der Waals surface area contributed by atoms with Gasteiger partial charge in [0, 0.05) is 23.4 Å². The second kappa shape index (κ2) is 5.68. The van der Waals surface area contributed by atoms with Gasteiger partial charge in [0.2, 0.25) is 0 Å². The van der Waals surface area contributed by atoms with E-state index < -0.39 is 10.0 Å². The maximum Gasteiger partial charge on any atom is 0.265 e. The number of rotatable bonds is 2. The number of para-hydroxylation sites is 1. The number of benzene rings is 1. The van der Waals surface area contributed by atoms with Crippen molar-refractivity contribution in [3.8, 4) is 0 Å². The SMILES string of the molecule is O=S(=O)(c1cnc(Cl)c(Cl)c1)N1CCSc2ccccc21. The second-order valence-electron chi connectivity index (χ2n) is 4.34. The highest BCUT2D eigenvalue weighted by molar-refractivity contribution is 8.00. The largest absolute Gasteiger partial charge is 0.265 e. The molecule has 0 aliphatic carbocycles. The Kier molecular flexibility index (Phi) is 4.05. The Balaban J connectivity index is 2.09. The van der Waals surface area contributed by atoms with Crippen molar-refractivity contribution >= 4 is 50.7 Å². The Hall–Kier alpha value is -0.950. The molecule has 3 rings (SSSR count). The Labute approximate surface area is 137 Å². The summed E-state index contributed by atoms with van der Waals surface area (Å²) in [5, 5.41) is 0.211. The molecule has 0 radical (unpaired) electrons. The summed E-state index contributed by atoms with van der Waals surface area (Å²) in [7, 11) is -3.70. The number of thioether (sulfide) groups is 1. The van der Waals surface area contributed by atoms with Crippen LogP contribution in [0.3, 0.4) is 0 Å². The van der Waals surface area contributed by atoms with Crippen LogP contribution in [0.4, 0.5) is 5.69 Å². The first-order valence-corrected chi connectivity index (χ1v) is 9.24. The minimum atomic E-state index is -3.70. The third-order valence-electron chi connectivity index (χ3n) is 3.05. The third kappa shape index (κ3) is 2.73. The number of sulfonamides is 1. The van der Waals surface area contributed by atoms with E-state index in [1.165, 1.54) is 16.6 Å². The molecule has 0 fully saturated rings. The molecule has 21 heavy (non-hydrogen) atoms. The average Bonchev–Trinajstić information content (AvgIpc) is 2.49. The van der Waals surface area contributed by atoms with Crippen LogP contribution in [0.5, 0.6) is 0 Å². The molecule has 1 aromatic heterocycles. The van der Waals surface area contributed by atoms with Crippen molar-refractivity contribution < 1.29 is 8.42 Å². The van der Waals surface area contributed by atoms with E-state index >= 15 is 0 Å². The zero-order valence-corrected chi connectivity index (χ0v) is 13.8. The van der Waals surface area contributed by atoms with Crippen LogP contribution in [-0.2, 0) is 10.0 Å². The van der Waals surface area contributed by atoms with Gasteiger partial charge in [-0.15, -0.1) is 11.8 Å². The predicted molar refractivity (Wildman–Crippen MR) is 86.0 cm³/mol. The zero-order valence-electron chi connectivity index (χ0n) is 10.7. The minimum Gasteiger partial charge on any atom is -0.264 e. The first kappa shape index (κ1) is 15.0. The fourth-order valence-electron chi connectivity index (χ4n) is 2.07. The van der Waals surface area contributed by atoms with Crippen LogP contribution < -0.4 is 4.31 Å². The fourth-order valence-corrected chi connectivity index (χ4v) is 5.03. The quantitative estimate of drug-likeness (QED) is 0.766. The topological polar surface area (TPSA) is 50.3 Å². The molecular formula is C13H10Cl2N2O2S2. The lowest BCUT2D eigenvalue weighted by molar-refractivity contribution is 0.591. The summed E-state index contributed by atoms with van der Waals surface area (Å²) in [6.45, 7) is 0.407. The van der Waals surface area contributed by atoms with E-state index in [9.17, 15) is 8.42 Å². The molecule has 0 atom stereocenters. The average molecular weight is 361 g/mol. The smallest absolute Gasteiger partial charge is 0.264 e. The van der Waals surface area contributed by atoms with Crippen molar-refractivity contribution in [3.05, 3.63) is 46.7 Å². The summed E-state index contributed by atoms with van der Waals surface area (Å²) < 4.78 is 27.0. The zero-order chi connectivity index (χ0) is 15.0. The Morgan fingerprint density at radius 2 is 2.00 bits per heavy atom. The Morgan fingerprint density at radius 3 is 2.76 bits per heavy atom. The van der Waals surface area contributed by atoms with Crippen LogP contribution >= 0.6 is 35.0 Å². The molecule has 2 aromatic rings. The Bertz CT molecular complexity index is 797. The van der Waals surface area contributed by atoms with E-state index in [0.29, 0.717) is 18.0 Å². The summed E-state index contributed by atoms with van der Waals surface area (Å²) in [5.41, 5.74) is 0.680. The monoisotopic (exact) mass is 360 g/mol. The van der Waals surface area contributed by atoms with Crippen LogP contribution in [-0.4, -0.2) is 25.7 Å². The summed E-state index contributed by atoms with van der Waals surface area (Å²) in [6.07, 6.45) is 1.23. The van der Waals surface area contributed by atoms with Crippen LogP contribution in [0.15, 0.2) is 46.3 Å². The van der Waals surface area contributed by atoms with Gasteiger partial charge in [-0.25, -0.2) is 13.4 Å². The van der Waals surface area contributed by atoms with Gasteiger partial charge in [-0.2, -0.15) is 0 Å². The predicted octanol–water partition coefficient (Wildman–Crippen LogP) is 3.69. The van der Waals surface area contributed by atoms with E-state index in [0.717, 1.165) is 4.90 Å². The summed E-state index contributed by atoms with van der Waals surface area (Å²) in [5.74, 6) is 0.699. The van der Waals surface area contributed by atoms with Crippen LogP contribution in [0, 0.1) is 0 Å². The second-order valence-corrected chi connectivity index (χ2v) is 8.10. The van der Waals surface area contributed by atoms with E-state index in [4.69, 9.17) is 23.2 Å². The van der Waals surface area contributed by atoms with Crippen LogP contribution in [0.1, 0.15) is 0 Å². The highest BCUT2D eigenvalue weighted by Crippen LogP contribution is 2.37. The van der Waals surface area contributed by atoms with Gasteiger partial charge in [0.15, 0.2) is 0 Å². The molecule has 0 bridgehead atoms. The van der Waals surface area contributed by atoms with Crippen LogP contribution in [0.2, 0.25) is 10.2 Å². The maximum absolute atomic E-state index is 12.8. The summed E-state index contributed by atoms with van der Waals surface area (Å²) >= 11 is 13.3. The van der Waals surface area contributed by atoms with Crippen molar-refractivity contribution in [1.29, 1.82) is 0 Å². The summed E-state index contributed by atoms with van der Waals surface area (Å²) in [4.78, 5) is 4.80. The van der Waals surface area contributed by atoms with Crippen molar-refractivity contribution in [1.82, 2.24) is 4.98 Å². The molecule has 1 aliphatic rings. The number of pyridine rings is 1. The van der Waals surface area contributed by atoms with Gasteiger partial charge in [0.1, 0.15) is 10.0 Å². The number of anilines is 1. The third-order valence-corrected chi connectivity index (χ3v) is 6.55. The maximum atomic E-state index is 12.8. The van der Waals surface area contributed by atoms with E-state index in [2.05, 4.69) is 4.98 Å². The van der Waals surface area contributed by atoms with Crippen molar-refractivity contribution in [2.75, 3.05) is 16.6 Å². The normalized spacial score (nSPS) is 14.9. The van der Waals surface area contributed by atoms with Crippen molar-refractivity contribution in [2.24, 2.45) is 0 Å². The van der Waals surface area contributed by atoms with Gasteiger partial charge in [-0.05, 0) is 18.2 Å². The molecule has 0 saturated heterocycles. The number of aromatic nitrogens is 1. The van der Waals surface area contributed by atoms with Crippen molar-refractivity contribution in [3.63, 3.8) is 0 Å². The number of halogens is 2. The standard InChI is InChI=1S/C13H10Cl2N2O2S2/c14-10-7-9(8-16-13(10)15)21(18,19)17-5-6-20-12-4-2-1-3-11(12)17/h1-4,7-8H,5-6H2. The van der Waals surface area contributed by atoms with Gasteiger partial charge >= 0.3 is 0 Å². The fraction of sp³-hybridized carbons (Fsp3) is 0.154. The molecule has 1 aliphatic heterocycles. The lowest BCUT2D eigenvalue weighted by Crippen LogP contribution is -2.35. The lowest BCUT2D eigenvalue weighted by atomic mass is 10.3. The molecule has 0 unspecified atom stereocenters. The van der Waals surface area contributed by atoms with Gasteiger partial charge < -0.3 is 0 Å². The molecule has 110 valence electrons. The number of fused-ring (bicyclic) bond motifs is 1. The number of hydrogen-bond donors (Lipinski definition) is 0. The first-order chi connectivity index (χ1) is 10.00. The number of nitrogens with zero attached hydrogens (tertiary/aromatic N) is 2. The molecule has 4 nitrogen and oxygen atoms in total. The molecular weight excluding hydrogens is 351 g/mol. The van der Waals surface area contributed by atoms with E-state index in [1.807, 2.05) is 18.2 Å². The molecule has 0 saturated carbocycles. The first-order valence-electron chi connectivity index (χ1n) is 6.06. The highest BCUT2D eigenvalue weighted by Gasteiger charge is 2.29. The molecule has 8 heteroatoms. The molecule has 2 heterocycles. The van der Waals surface area contributed by atoms with E-state index in [-0.39, 0.29) is 15.1 Å². The summed E-state index contributed by atoms with van der Waals surface area (Å²) in [6, 6.07) is 8.75. The van der Waals surface area contributed by atoms with Gasteiger partial charge in [-0.3, -0.25) is 4.31 Å². The molecule has 0 spiro atoms. The van der Waals surface area contributed by atoms with Crippen molar-refractivity contribution in [2.45, 2.75) is 9.79 Å². The van der Waals surface area contributed by atoms with Gasteiger partial charge in [-0.1, -0.05) is 35.3 Å². The van der Waals surface area contributed by atoms with E-state index in [1.54, 1.807) is 17.8 Å². The minimum absolute atomic E-state index is 0.0404. The Morgan fingerprint density at radius 1 is 1.24 bits per heavy atom. The highest BCUT2D eigenvalue weighted by atomic mass is 35.5. The molecule has 0 N–H and O–H groups in total. The molecule has 0 amide bonds. The number of hydrogen-bond acceptors (Lipinski definition) is 4. The molecule has 1 aromatic carbocycles. The lowest BCUT2D eigenvalue weighted by Gasteiger charge is -2.29. The van der Waals surface area contributed by atoms with Gasteiger partial charge in [0.05, 0.1) is 10.7 Å². The van der Waals surface area contributed by atoms with Gasteiger partial charge in [0.25, 0.3) is 10.0 Å².